The lowest BCUT2D eigenvalue weighted by Crippen LogP contribution is -2.29. The Balaban J connectivity index is 2.07. The fourth-order valence-corrected chi connectivity index (χ4v) is 3.93. The molecule has 29 heavy (non-hydrogen) atoms. The van der Waals surface area contributed by atoms with Gasteiger partial charge in [0.25, 0.3) is 5.89 Å². The average molecular weight is 431 g/mol. The molecule has 13 heteroatoms. The molecule has 1 saturated carbocycles. The van der Waals surface area contributed by atoms with Crippen LogP contribution in [-0.4, -0.2) is 27.7 Å². The number of sulfonamides is 1. The maximum absolute atomic E-state index is 14.5. The summed E-state index contributed by atoms with van der Waals surface area (Å²) < 4.78 is 70.6. The molecule has 156 valence electrons. The van der Waals surface area contributed by atoms with Gasteiger partial charge in [-0.15, -0.1) is 5.10 Å². The minimum Gasteiger partial charge on any atom is -0.401 e. The SMILES string of the molecule is CC(n1c(=O)n(-c2nnc(C(F)F)o2)c2cc(S(N)(=O)=O)c(F)cc21)C1(C)CC1. The van der Waals surface area contributed by atoms with Crippen LogP contribution >= 0.6 is 0 Å². The highest BCUT2D eigenvalue weighted by molar-refractivity contribution is 7.89. The second-order valence-corrected chi connectivity index (χ2v) is 8.89. The van der Waals surface area contributed by atoms with Crippen LogP contribution in [-0.2, 0) is 10.0 Å². The molecule has 0 bridgehead atoms. The van der Waals surface area contributed by atoms with E-state index in [9.17, 15) is 26.4 Å². The van der Waals surface area contributed by atoms with E-state index in [2.05, 4.69) is 10.2 Å². The van der Waals surface area contributed by atoms with Crippen LogP contribution in [0.2, 0.25) is 0 Å². The number of halogens is 3. The van der Waals surface area contributed by atoms with Crippen molar-refractivity contribution < 1.29 is 26.0 Å². The summed E-state index contributed by atoms with van der Waals surface area (Å²) in [6, 6.07) is 0.747. The Morgan fingerprint density at radius 3 is 2.41 bits per heavy atom. The number of nitrogens with two attached hydrogens (primary N) is 1. The van der Waals surface area contributed by atoms with Crippen molar-refractivity contribution >= 4 is 21.1 Å². The van der Waals surface area contributed by atoms with Gasteiger partial charge in [-0.25, -0.2) is 27.3 Å². The minimum atomic E-state index is -4.46. The van der Waals surface area contributed by atoms with Gasteiger partial charge in [-0.2, -0.15) is 8.78 Å². The molecule has 1 aliphatic carbocycles. The quantitative estimate of drug-likeness (QED) is 0.660. The van der Waals surface area contributed by atoms with E-state index in [0.717, 1.165) is 29.5 Å². The highest BCUT2D eigenvalue weighted by atomic mass is 32.2. The van der Waals surface area contributed by atoms with Crippen molar-refractivity contribution in [1.29, 1.82) is 0 Å². The maximum Gasteiger partial charge on any atom is 0.337 e. The van der Waals surface area contributed by atoms with Gasteiger partial charge in [-0.3, -0.25) is 4.57 Å². The number of hydrogen-bond acceptors (Lipinski definition) is 6. The van der Waals surface area contributed by atoms with Crippen molar-refractivity contribution in [3.05, 3.63) is 34.3 Å². The smallest absolute Gasteiger partial charge is 0.337 e. The van der Waals surface area contributed by atoms with Crippen molar-refractivity contribution in [2.24, 2.45) is 10.6 Å². The molecule has 0 aliphatic heterocycles. The number of primary sulfonamides is 1. The van der Waals surface area contributed by atoms with Gasteiger partial charge in [-0.1, -0.05) is 12.0 Å². The summed E-state index contributed by atoms with van der Waals surface area (Å²) in [5.74, 6) is -2.15. The first-order valence-electron chi connectivity index (χ1n) is 8.55. The molecule has 0 spiro atoms. The number of alkyl halides is 2. The molecule has 1 aromatic carbocycles. The summed E-state index contributed by atoms with van der Waals surface area (Å²) in [4.78, 5) is 12.3. The standard InChI is InChI=1S/C16H16F3N5O4S/c1-7(16(2)3-4-16)23-9-5-8(17)11(29(20,26)27)6-10(9)24(15(23)25)14-22-21-13(28-14)12(18)19/h5-7,12H,3-4H2,1-2H3,(H2,20,26,27). The number of aromatic nitrogens is 4. The second kappa shape index (κ2) is 6.16. The van der Waals surface area contributed by atoms with Gasteiger partial charge in [0.15, 0.2) is 0 Å². The van der Waals surface area contributed by atoms with Crippen LogP contribution in [0.1, 0.15) is 45.0 Å². The third kappa shape index (κ3) is 3.04. The van der Waals surface area contributed by atoms with Gasteiger partial charge in [0.1, 0.15) is 10.7 Å². The first kappa shape index (κ1) is 19.6. The fraction of sp³-hybridized carbons (Fsp3) is 0.438. The Labute approximate surface area is 162 Å². The van der Waals surface area contributed by atoms with E-state index in [1.807, 2.05) is 6.92 Å². The largest absolute Gasteiger partial charge is 0.401 e. The minimum absolute atomic E-state index is 0.0531. The van der Waals surface area contributed by atoms with E-state index in [-0.39, 0.29) is 16.4 Å². The molecule has 0 amide bonds. The highest BCUT2D eigenvalue weighted by Crippen LogP contribution is 2.53. The van der Waals surface area contributed by atoms with Gasteiger partial charge >= 0.3 is 18.1 Å². The topological polar surface area (TPSA) is 126 Å². The van der Waals surface area contributed by atoms with Gasteiger partial charge in [0.05, 0.1) is 11.0 Å². The number of imidazole rings is 1. The fourth-order valence-electron chi connectivity index (χ4n) is 3.33. The van der Waals surface area contributed by atoms with Crippen molar-refractivity contribution in [2.75, 3.05) is 0 Å². The summed E-state index contributed by atoms with van der Waals surface area (Å²) in [6.45, 7) is 3.71. The molecular formula is C16H16F3N5O4S. The van der Waals surface area contributed by atoms with E-state index in [0.29, 0.717) is 0 Å². The molecule has 4 rings (SSSR count). The zero-order valence-electron chi connectivity index (χ0n) is 15.3. The third-order valence-electron chi connectivity index (χ3n) is 5.48. The van der Waals surface area contributed by atoms with Crippen LogP contribution in [0.25, 0.3) is 17.0 Å². The number of benzene rings is 1. The molecule has 2 N–H and O–H groups in total. The van der Waals surface area contributed by atoms with Crippen LogP contribution < -0.4 is 10.8 Å². The van der Waals surface area contributed by atoms with Crippen molar-refractivity contribution in [3.8, 4) is 6.01 Å². The van der Waals surface area contributed by atoms with Gasteiger partial charge < -0.3 is 4.42 Å². The molecule has 9 nitrogen and oxygen atoms in total. The molecule has 0 saturated heterocycles. The molecular weight excluding hydrogens is 415 g/mol. The Morgan fingerprint density at radius 2 is 1.90 bits per heavy atom. The van der Waals surface area contributed by atoms with Crippen molar-refractivity contribution in [1.82, 2.24) is 19.3 Å². The molecule has 3 aromatic rings. The summed E-state index contributed by atoms with van der Waals surface area (Å²) >= 11 is 0. The summed E-state index contributed by atoms with van der Waals surface area (Å²) in [5.41, 5.74) is -1.03. The van der Waals surface area contributed by atoms with E-state index < -0.39 is 50.8 Å². The number of hydrogen-bond donors (Lipinski definition) is 1. The van der Waals surface area contributed by atoms with E-state index >= 15 is 0 Å². The monoisotopic (exact) mass is 431 g/mol. The first-order chi connectivity index (χ1) is 13.4. The average Bonchev–Trinajstić information content (AvgIpc) is 3.08. The predicted octanol–water partition coefficient (Wildman–Crippen LogP) is 2.26. The summed E-state index contributed by atoms with van der Waals surface area (Å²) in [7, 11) is -4.46. The molecule has 2 aromatic heterocycles. The first-order valence-corrected chi connectivity index (χ1v) is 10.1. The molecule has 1 aliphatic rings. The van der Waals surface area contributed by atoms with Crippen LogP contribution in [0, 0.1) is 11.2 Å². The lowest BCUT2D eigenvalue weighted by atomic mass is 10.0. The predicted molar refractivity (Wildman–Crippen MR) is 93.7 cm³/mol. The molecule has 2 heterocycles. The zero-order chi connectivity index (χ0) is 21.3. The van der Waals surface area contributed by atoms with Gasteiger partial charge in [0, 0.05) is 12.1 Å². The Hall–Kier alpha value is -2.67. The molecule has 1 fully saturated rings. The Bertz CT molecular complexity index is 1290. The van der Waals surface area contributed by atoms with Crippen LogP contribution in [0.3, 0.4) is 0 Å². The van der Waals surface area contributed by atoms with E-state index in [1.54, 1.807) is 6.92 Å². The lowest BCUT2D eigenvalue weighted by molar-refractivity contribution is 0.115. The maximum atomic E-state index is 14.5. The third-order valence-corrected chi connectivity index (χ3v) is 6.40. The van der Waals surface area contributed by atoms with Gasteiger partial charge in [-0.05, 0) is 31.2 Å². The van der Waals surface area contributed by atoms with Gasteiger partial charge in [0.2, 0.25) is 10.0 Å². The normalized spacial score (nSPS) is 17.2. The van der Waals surface area contributed by atoms with E-state index in [1.165, 1.54) is 4.57 Å². The molecule has 1 atom stereocenters. The molecule has 0 radical (unpaired) electrons. The van der Waals surface area contributed by atoms with Crippen molar-refractivity contribution in [2.45, 2.75) is 44.1 Å². The number of nitrogens with zero attached hydrogens (tertiary/aromatic N) is 4. The second-order valence-electron chi connectivity index (χ2n) is 7.36. The Morgan fingerprint density at radius 1 is 1.24 bits per heavy atom. The summed E-state index contributed by atoms with van der Waals surface area (Å²) in [5, 5.41) is 11.7. The number of rotatable bonds is 5. The van der Waals surface area contributed by atoms with Crippen LogP contribution in [0.15, 0.2) is 26.2 Å². The lowest BCUT2D eigenvalue weighted by Gasteiger charge is -2.20. The van der Waals surface area contributed by atoms with E-state index in [4.69, 9.17) is 9.56 Å². The summed E-state index contributed by atoms with van der Waals surface area (Å²) in [6.07, 6.45) is -1.40. The zero-order valence-corrected chi connectivity index (χ0v) is 16.1. The van der Waals surface area contributed by atoms with Crippen molar-refractivity contribution in [3.63, 3.8) is 0 Å². The van der Waals surface area contributed by atoms with Crippen LogP contribution in [0.5, 0.6) is 0 Å². The van der Waals surface area contributed by atoms with Crippen LogP contribution in [0.4, 0.5) is 13.2 Å². The Kier molecular flexibility index (Phi) is 4.17. The highest BCUT2D eigenvalue weighted by Gasteiger charge is 2.45. The number of fused-ring (bicyclic) bond motifs is 1. The molecule has 1 unspecified atom stereocenters.